The van der Waals surface area contributed by atoms with E-state index in [0.717, 1.165) is 0 Å². The molecule has 0 aliphatic carbocycles. The Hall–Kier alpha value is 0.0200. The zero-order valence-corrected chi connectivity index (χ0v) is 3.32. The van der Waals surface area contributed by atoms with Gasteiger partial charge in [0.2, 0.25) is 0 Å². The fourth-order valence-corrected chi connectivity index (χ4v) is 0. The van der Waals surface area contributed by atoms with Gasteiger partial charge in [0.1, 0.15) is 9.12 Å². The third-order valence-electron chi connectivity index (χ3n) is 0. The lowest BCUT2D eigenvalue weighted by molar-refractivity contribution is 0.607. The van der Waals surface area contributed by atoms with Crippen LogP contribution in [-0.4, -0.2) is 0 Å². The van der Waals surface area contributed by atoms with Crippen molar-refractivity contribution in [3.8, 4) is 0 Å². The summed E-state index contributed by atoms with van der Waals surface area (Å²) < 4.78 is 8.06. The van der Waals surface area contributed by atoms with Crippen LogP contribution in [0.5, 0.6) is 0 Å². The molecule has 3 nitrogen and oxygen atoms in total. The van der Waals surface area contributed by atoms with E-state index in [4.69, 9.17) is 4.57 Å². The maximum absolute atomic E-state index is 8.06. The van der Waals surface area contributed by atoms with Crippen LogP contribution in [0.2, 0.25) is 0 Å². The van der Waals surface area contributed by atoms with Gasteiger partial charge in [0.25, 0.3) is 0 Å². The van der Waals surface area contributed by atoms with Crippen LogP contribution >= 0.6 is 9.12 Å². The Labute approximate surface area is 27.2 Å². The predicted octanol–water partition coefficient (Wildman–Crippen LogP) is 0.799. The van der Waals surface area contributed by atoms with Crippen LogP contribution < -0.4 is 12.3 Å². The van der Waals surface area contributed by atoms with E-state index in [9.17, 15) is 0 Å². The first kappa shape index (κ1) is 35.2. The first-order chi connectivity index (χ1) is 1.00. The second-order valence-electron chi connectivity index (χ2n) is 0. The Bertz CT molecular complexity index is 6.00. The highest BCUT2D eigenvalue weighted by atomic mass is 31.0. The van der Waals surface area contributed by atoms with Crippen molar-refractivity contribution < 1.29 is 4.57 Å². The Morgan fingerprint density at radius 2 is 1.00 bits per heavy atom. The van der Waals surface area contributed by atoms with Gasteiger partial charge in [-0.2, -0.15) is 0 Å². The summed E-state index contributed by atoms with van der Waals surface area (Å²) in [6.07, 6.45) is 0. The Kier molecular flexibility index (Phi) is 271000. The molecule has 6 N–H and O–H groups in total. The average Bonchev–Trinajstić information content (AvgIpc) is 1.00. The summed E-state index contributed by atoms with van der Waals surface area (Å²) in [5, 5.41) is 0. The molecule has 0 radical (unpaired) electrons. The Morgan fingerprint density at radius 3 is 1.00 bits per heavy atom. The topological polar surface area (TPSA) is 87.1 Å². The molecule has 0 aromatic carbocycles. The molecule has 0 aliphatic heterocycles. The lowest BCUT2D eigenvalue weighted by Gasteiger charge is -0.807. The minimum Gasteiger partial charge on any atom is -0.344 e. The van der Waals surface area contributed by atoms with E-state index in [1.165, 1.54) is 0 Å². The van der Waals surface area contributed by atoms with Crippen molar-refractivity contribution in [2.45, 2.75) is 0 Å². The van der Waals surface area contributed by atoms with Crippen LogP contribution in [0.25, 0.3) is 0 Å². The van der Waals surface area contributed by atoms with Gasteiger partial charge in [-0.1, -0.05) is 0 Å². The van der Waals surface area contributed by atoms with Gasteiger partial charge >= 0.3 is 0 Å². The summed E-state index contributed by atoms with van der Waals surface area (Å²) in [4.78, 5) is 0. The van der Waals surface area contributed by atoms with E-state index in [0.29, 0.717) is 0 Å². The third-order valence-corrected chi connectivity index (χ3v) is 0. The Balaban J connectivity index is -0.00000000500. The van der Waals surface area contributed by atoms with Gasteiger partial charge in [-0.3, -0.25) is 4.57 Å². The molecule has 0 aromatic rings. The van der Waals surface area contributed by atoms with E-state index >= 15 is 0 Å². The van der Waals surface area contributed by atoms with Crippen LogP contribution in [-0.2, 0) is 4.57 Å². The van der Waals surface area contributed by atoms with E-state index in [1.807, 2.05) is 0 Å². The molecule has 28 valence electrons. The molecule has 0 heterocycles. The average molecular weight is 82.0 g/mol. The molecule has 0 bridgehead atoms. The molecule has 0 amide bonds. The zero-order chi connectivity index (χ0) is 2.00. The summed E-state index contributed by atoms with van der Waals surface area (Å²) in [6, 6.07) is 0. The first-order valence-electron chi connectivity index (χ1n) is 0.204. The SMILES string of the molecule is N.N.O=P. The van der Waals surface area contributed by atoms with E-state index < -0.39 is 0 Å². The van der Waals surface area contributed by atoms with Crippen LogP contribution in [0.15, 0.2) is 0 Å². The minimum atomic E-state index is 0. The van der Waals surface area contributed by atoms with Crippen molar-refractivity contribution in [1.82, 2.24) is 12.3 Å². The summed E-state index contributed by atoms with van der Waals surface area (Å²) in [5.74, 6) is 0. The van der Waals surface area contributed by atoms with E-state index in [1.54, 1.807) is 9.12 Å². The lowest BCUT2D eigenvalue weighted by atomic mass is 14.0. The van der Waals surface area contributed by atoms with Gasteiger partial charge in [-0.25, -0.2) is 0 Å². The molecule has 0 saturated carbocycles. The second-order valence-corrected chi connectivity index (χ2v) is 0. The molecular weight excluding hydrogens is 75.0 g/mol. The lowest BCUT2D eigenvalue weighted by Crippen LogP contribution is -0.489. The fraction of sp³-hybridized carbons (Fsp3) is 0. The summed E-state index contributed by atoms with van der Waals surface area (Å²) in [6.45, 7) is 0. The van der Waals surface area contributed by atoms with Crippen LogP contribution in [0, 0.1) is 0 Å². The van der Waals surface area contributed by atoms with Crippen molar-refractivity contribution >= 4 is 9.12 Å². The van der Waals surface area contributed by atoms with Crippen LogP contribution in [0.1, 0.15) is 0 Å². The summed E-state index contributed by atoms with van der Waals surface area (Å²) in [7, 11) is 1.72. The van der Waals surface area contributed by atoms with Crippen molar-refractivity contribution in [1.29, 1.82) is 0 Å². The number of hydrogen-bond acceptors (Lipinski definition) is 3. The molecule has 0 fully saturated rings. The van der Waals surface area contributed by atoms with E-state index in [-0.39, 0.29) is 12.3 Å². The second kappa shape index (κ2) is 30800. The van der Waals surface area contributed by atoms with Gasteiger partial charge in [0.15, 0.2) is 0 Å². The quantitative estimate of drug-likeness (QED) is 0.423. The molecule has 0 spiro atoms. The van der Waals surface area contributed by atoms with Crippen molar-refractivity contribution in [3.63, 3.8) is 0 Å². The predicted molar refractivity (Wildman–Crippen MR) is 19.0 cm³/mol. The highest BCUT2D eigenvalue weighted by Gasteiger charge is 0.667. The highest BCUT2D eigenvalue weighted by Crippen LogP contribution is 1.23. The molecule has 0 aliphatic rings. The van der Waals surface area contributed by atoms with Crippen molar-refractivity contribution in [3.05, 3.63) is 0 Å². The molecular formula is H7N2OP. The van der Waals surface area contributed by atoms with Crippen molar-refractivity contribution in [2.75, 3.05) is 0 Å². The molecule has 0 atom stereocenters. The van der Waals surface area contributed by atoms with Crippen LogP contribution in [0.4, 0.5) is 0 Å². The molecule has 4 heavy (non-hydrogen) atoms. The summed E-state index contributed by atoms with van der Waals surface area (Å²) in [5.41, 5.74) is 0. The van der Waals surface area contributed by atoms with Gasteiger partial charge in [0, 0.05) is 0 Å². The monoisotopic (exact) mass is 82.0 g/mol. The number of rotatable bonds is 0. The van der Waals surface area contributed by atoms with E-state index in [2.05, 4.69) is 0 Å². The minimum absolute atomic E-state index is 0. The van der Waals surface area contributed by atoms with Crippen LogP contribution in [0.3, 0.4) is 0 Å². The molecule has 0 saturated heterocycles. The molecule has 0 aromatic heterocycles. The Morgan fingerprint density at radius 1 is 1.00 bits per heavy atom. The molecule has 0 rings (SSSR count). The summed E-state index contributed by atoms with van der Waals surface area (Å²) >= 11 is 0. The zero-order valence-electron chi connectivity index (χ0n) is 2.32. The van der Waals surface area contributed by atoms with Gasteiger partial charge < -0.3 is 12.3 Å². The normalized spacial score (nSPS) is 1.00. The van der Waals surface area contributed by atoms with Gasteiger partial charge in [-0.05, 0) is 0 Å². The fourth-order valence-electron chi connectivity index (χ4n) is 0. The number of hydrogen-bond donors (Lipinski definition) is 2. The smallest absolute Gasteiger partial charge is 0.138 e. The third kappa shape index (κ3) is 5250. The van der Waals surface area contributed by atoms with Gasteiger partial charge in [-0.15, -0.1) is 0 Å². The first-order valence-corrected chi connectivity index (χ1v) is 0.612. The highest BCUT2D eigenvalue weighted by molar-refractivity contribution is 7.00. The van der Waals surface area contributed by atoms with Crippen molar-refractivity contribution in [2.24, 2.45) is 0 Å². The maximum atomic E-state index is 8.06. The molecule has 0 unspecified atom stereocenters. The molecule has 4 heteroatoms. The maximum Gasteiger partial charge on any atom is 0.138 e. The van der Waals surface area contributed by atoms with Gasteiger partial charge in [0.05, 0.1) is 0 Å². The standard InChI is InChI=1S/2H3N.HOP/c;;1-2/h2*1H3;2H. The largest absolute Gasteiger partial charge is 0.344 e.